The summed E-state index contributed by atoms with van der Waals surface area (Å²) < 4.78 is 0. The van der Waals surface area contributed by atoms with Gasteiger partial charge in [-0.2, -0.15) is 0 Å². The molecule has 11 rings (SSSR count). The molecule has 0 radical (unpaired) electrons. The van der Waals surface area contributed by atoms with Crippen molar-refractivity contribution < 1.29 is 14.4 Å². The number of benzene rings is 1. The highest BCUT2D eigenvalue weighted by molar-refractivity contribution is 6.05. The van der Waals surface area contributed by atoms with Crippen molar-refractivity contribution in [2.75, 3.05) is 0 Å². The summed E-state index contributed by atoms with van der Waals surface area (Å²) in [4.78, 5) is 44.4. The van der Waals surface area contributed by atoms with Gasteiger partial charge >= 0.3 is 0 Å². The van der Waals surface area contributed by atoms with Gasteiger partial charge in [0, 0.05) is 33.3 Å². The third-order valence-electron chi connectivity index (χ3n) is 17.6. The Balaban J connectivity index is 1.04. The Hall–Kier alpha value is -2.37. The summed E-state index contributed by atoms with van der Waals surface area (Å²) in [5.74, 6) is 0.975. The second kappa shape index (κ2) is 12.6. The lowest BCUT2D eigenvalue weighted by molar-refractivity contribution is -0.155. The van der Waals surface area contributed by atoms with Crippen molar-refractivity contribution in [3.05, 3.63) is 34.9 Å². The molecule has 6 heteroatoms. The maximum atomic E-state index is 14.8. The maximum Gasteiger partial charge on any atom is 0.251 e. The number of carbonyl (C=O) groups is 3. The minimum Gasteiger partial charge on any atom is -0.347 e. The van der Waals surface area contributed by atoms with Crippen LogP contribution in [0.3, 0.4) is 0 Å². The van der Waals surface area contributed by atoms with E-state index in [2.05, 4.69) is 78.3 Å². The van der Waals surface area contributed by atoms with Crippen LogP contribution in [0, 0.1) is 49.7 Å². The van der Waals surface area contributed by atoms with Crippen LogP contribution in [0.15, 0.2) is 18.2 Å². The van der Waals surface area contributed by atoms with Crippen molar-refractivity contribution in [2.24, 2.45) is 49.7 Å². The van der Waals surface area contributed by atoms with Crippen LogP contribution in [0.25, 0.3) is 0 Å². The molecule has 0 saturated heterocycles. The highest BCUT2D eigenvalue weighted by Crippen LogP contribution is 2.72. The largest absolute Gasteiger partial charge is 0.347 e. The molecule has 2 unspecified atom stereocenters. The second-order valence-electron chi connectivity index (χ2n) is 26.4. The Morgan fingerprint density at radius 2 is 0.807 bits per heavy atom. The van der Waals surface area contributed by atoms with E-state index < -0.39 is 0 Å². The zero-order valence-corrected chi connectivity index (χ0v) is 37.5. The molecule has 8 bridgehead atoms. The Morgan fingerprint density at radius 1 is 0.491 bits per heavy atom. The first-order valence-electron chi connectivity index (χ1n) is 23.5. The lowest BCUT2D eigenvalue weighted by Gasteiger charge is -2.69. The van der Waals surface area contributed by atoms with E-state index in [1.54, 1.807) is 6.07 Å². The van der Waals surface area contributed by atoms with Crippen LogP contribution in [0.4, 0.5) is 0 Å². The molecular weight excluding hydrogens is 703 g/mol. The number of amides is 3. The number of rotatable bonds is 8. The normalized spacial score (nSPS) is 47.7. The molecule has 1 aromatic rings. The molecule has 3 N–H and O–H groups in total. The van der Waals surface area contributed by atoms with E-state index in [9.17, 15) is 14.4 Å². The summed E-state index contributed by atoms with van der Waals surface area (Å²) in [6, 6.07) is 5.43. The van der Waals surface area contributed by atoms with Crippen LogP contribution in [0.2, 0.25) is 0 Å². The first kappa shape index (κ1) is 40.1. The highest BCUT2D eigenvalue weighted by atomic mass is 16.2. The van der Waals surface area contributed by atoms with Gasteiger partial charge in [-0.3, -0.25) is 14.4 Å². The van der Waals surface area contributed by atoms with Crippen LogP contribution in [0.1, 0.15) is 228 Å². The summed E-state index contributed by atoms with van der Waals surface area (Å²) >= 11 is 0. The van der Waals surface area contributed by atoms with E-state index in [4.69, 9.17) is 0 Å². The smallest absolute Gasteiger partial charge is 0.251 e. The average molecular weight is 780 g/mol. The van der Waals surface area contributed by atoms with E-state index in [-0.39, 0.29) is 72.2 Å². The first-order valence-corrected chi connectivity index (χ1v) is 23.5. The van der Waals surface area contributed by atoms with Crippen LogP contribution in [0.5, 0.6) is 0 Å². The van der Waals surface area contributed by atoms with Gasteiger partial charge in [-0.1, -0.05) is 81.6 Å². The van der Waals surface area contributed by atoms with Crippen LogP contribution in [-0.4, -0.2) is 34.3 Å². The van der Waals surface area contributed by atoms with Crippen molar-refractivity contribution >= 4 is 17.7 Å². The lowest BCUT2D eigenvalue weighted by atomic mass is 9.38. The summed E-state index contributed by atoms with van der Waals surface area (Å²) in [5.41, 5.74) is 2.04. The number of hydrogen-bond acceptors (Lipinski definition) is 3. The van der Waals surface area contributed by atoms with Gasteiger partial charge in [0.1, 0.15) is 0 Å². The Labute approximate surface area is 345 Å². The standard InChI is InChI=1S/C51H77N3O3/c1-34-15-35(2)20-42(3,19-34)27-49(13-11-10-12-14-49)52-39(55)36-16-37(40(56)53-50-28-43(4)21-44(5,29-50)23-45(6,22-43)30-50)18-38(17-36)41(57)54-51-31-46(7)24-47(8,32-51)26-48(9,25-46)33-51/h16-18,34-35H,10-15,19-33H2,1-9H3,(H,52,55)(H,53,56)(H,54,57). The maximum absolute atomic E-state index is 14.8. The Morgan fingerprint density at radius 3 is 1.14 bits per heavy atom. The highest BCUT2D eigenvalue weighted by Gasteiger charge is 2.66. The summed E-state index contributed by atoms with van der Waals surface area (Å²) in [7, 11) is 0. The van der Waals surface area contributed by atoms with Gasteiger partial charge in [-0.05, 0) is 184 Å². The van der Waals surface area contributed by atoms with E-state index in [0.29, 0.717) is 28.5 Å². The molecule has 10 saturated carbocycles. The van der Waals surface area contributed by atoms with Gasteiger partial charge in [0.25, 0.3) is 17.7 Å². The molecule has 1 aromatic carbocycles. The van der Waals surface area contributed by atoms with Crippen LogP contribution >= 0.6 is 0 Å². The number of nitrogens with one attached hydrogen (secondary N) is 3. The molecule has 0 aromatic heterocycles. The molecule has 57 heavy (non-hydrogen) atoms. The minimum atomic E-state index is -0.277. The third-order valence-corrected chi connectivity index (χ3v) is 17.6. The van der Waals surface area contributed by atoms with E-state index in [1.165, 1.54) is 64.2 Å². The van der Waals surface area contributed by atoms with Crippen molar-refractivity contribution in [2.45, 2.75) is 214 Å². The summed E-state index contributed by atoms with van der Waals surface area (Å²) in [5, 5.41) is 11.0. The monoisotopic (exact) mass is 780 g/mol. The molecule has 10 aliphatic carbocycles. The summed E-state index contributed by atoms with van der Waals surface area (Å²) in [6.45, 7) is 21.9. The molecular formula is C51H77N3O3. The van der Waals surface area contributed by atoms with Crippen molar-refractivity contribution in [1.82, 2.24) is 16.0 Å². The fourth-order valence-corrected chi connectivity index (χ4v) is 20.0. The zero-order valence-electron chi connectivity index (χ0n) is 37.5. The third kappa shape index (κ3) is 7.44. The molecule has 2 atom stereocenters. The van der Waals surface area contributed by atoms with E-state index >= 15 is 0 Å². The predicted molar refractivity (Wildman–Crippen MR) is 229 cm³/mol. The van der Waals surface area contributed by atoms with Gasteiger partial charge in [0.05, 0.1) is 0 Å². The number of carbonyl (C=O) groups excluding carboxylic acids is 3. The molecule has 0 spiro atoms. The van der Waals surface area contributed by atoms with E-state index in [0.717, 1.165) is 70.6 Å². The van der Waals surface area contributed by atoms with Crippen LogP contribution in [-0.2, 0) is 0 Å². The predicted octanol–water partition coefficient (Wildman–Crippen LogP) is 11.7. The second-order valence-corrected chi connectivity index (χ2v) is 26.4. The van der Waals surface area contributed by atoms with E-state index in [1.807, 2.05) is 12.1 Å². The van der Waals surface area contributed by atoms with Crippen molar-refractivity contribution in [3.63, 3.8) is 0 Å². The molecule has 0 heterocycles. The molecule has 10 aliphatic rings. The van der Waals surface area contributed by atoms with Crippen molar-refractivity contribution in [3.8, 4) is 0 Å². The van der Waals surface area contributed by atoms with Gasteiger partial charge < -0.3 is 16.0 Å². The van der Waals surface area contributed by atoms with Gasteiger partial charge in [0.15, 0.2) is 0 Å². The minimum absolute atomic E-state index is 0.134. The molecule has 10 fully saturated rings. The summed E-state index contributed by atoms with van der Waals surface area (Å²) in [6.07, 6.45) is 23.5. The van der Waals surface area contributed by atoms with Gasteiger partial charge in [-0.15, -0.1) is 0 Å². The Kier molecular flexibility index (Phi) is 8.85. The Bertz CT molecular complexity index is 1640. The quantitative estimate of drug-likeness (QED) is 0.246. The topological polar surface area (TPSA) is 87.3 Å². The molecule has 3 amide bonds. The van der Waals surface area contributed by atoms with Crippen molar-refractivity contribution in [1.29, 1.82) is 0 Å². The molecule has 0 aliphatic heterocycles. The molecule has 314 valence electrons. The average Bonchev–Trinajstić information content (AvgIpc) is 2.99. The SMILES string of the molecule is CC1CC(C)CC(C)(CC2(NC(=O)c3cc(C(=O)NC45CC6(C)CC(C)(CC(C)(C6)C4)C5)cc(C(=O)NC45CC6(C)CC(C)(CC(C)(C6)C4)C5)c3)CCCCC2)C1. The van der Waals surface area contributed by atoms with Gasteiger partial charge in [0.2, 0.25) is 0 Å². The van der Waals surface area contributed by atoms with Gasteiger partial charge in [-0.25, -0.2) is 0 Å². The zero-order chi connectivity index (χ0) is 40.7. The number of hydrogen-bond donors (Lipinski definition) is 3. The molecule has 6 nitrogen and oxygen atoms in total. The lowest BCUT2D eigenvalue weighted by Crippen LogP contribution is -2.67. The fraction of sp³-hybridized carbons (Fsp3) is 0.824. The van der Waals surface area contributed by atoms with Crippen LogP contribution < -0.4 is 16.0 Å². The fourth-order valence-electron chi connectivity index (χ4n) is 20.0. The first-order chi connectivity index (χ1) is 26.4.